The van der Waals surface area contributed by atoms with E-state index in [9.17, 15) is 0 Å². The summed E-state index contributed by atoms with van der Waals surface area (Å²) in [7, 11) is 0. The van der Waals surface area contributed by atoms with Crippen LogP contribution in [0.5, 0.6) is 0 Å². The Labute approximate surface area is 147 Å². The summed E-state index contributed by atoms with van der Waals surface area (Å²) in [6.45, 7) is 0. The van der Waals surface area contributed by atoms with Crippen molar-refractivity contribution >= 4 is 43.1 Å². The van der Waals surface area contributed by atoms with Gasteiger partial charge in [0.15, 0.2) is 0 Å². The second kappa shape index (κ2) is 5.18. The number of aromatic nitrogens is 2. The van der Waals surface area contributed by atoms with Crippen molar-refractivity contribution in [3.8, 4) is 11.3 Å². The molecule has 2 heterocycles. The average Bonchev–Trinajstić information content (AvgIpc) is 3.02. The van der Waals surface area contributed by atoms with Gasteiger partial charge in [-0.25, -0.2) is 4.52 Å². The predicted octanol–water partition coefficient (Wildman–Crippen LogP) is 6.07. The number of benzene rings is 3. The molecule has 0 unspecified atom stereocenters. The number of hydrogen-bond donors (Lipinski definition) is 0. The molecule has 5 aromatic rings. The van der Waals surface area contributed by atoms with E-state index in [0.717, 1.165) is 21.2 Å². The lowest BCUT2D eigenvalue weighted by Gasteiger charge is -2.09. The molecule has 5 rings (SSSR count). The van der Waals surface area contributed by atoms with Gasteiger partial charge < -0.3 is 0 Å². The quantitative estimate of drug-likeness (QED) is 0.349. The highest BCUT2D eigenvalue weighted by Crippen LogP contribution is 2.33. The molecule has 24 heavy (non-hydrogen) atoms. The number of fused-ring (bicyclic) bond motifs is 5. The van der Waals surface area contributed by atoms with Crippen molar-refractivity contribution in [2.45, 2.75) is 0 Å². The maximum Gasteiger partial charge on any atom is 0.0934 e. The van der Waals surface area contributed by atoms with Gasteiger partial charge in [-0.1, -0.05) is 70.5 Å². The summed E-state index contributed by atoms with van der Waals surface area (Å²) >= 11 is 3.51. The standard InChI is InChI=1S/C21H13BrN2/c22-16-11-9-14(10-12-16)20-13-15-5-1-2-6-17(15)21-18-7-3-4-8-19(18)23-24(20)21/h1-13H. The van der Waals surface area contributed by atoms with E-state index in [1.165, 1.54) is 21.7 Å². The zero-order valence-electron chi connectivity index (χ0n) is 12.8. The topological polar surface area (TPSA) is 17.3 Å². The van der Waals surface area contributed by atoms with E-state index in [1.807, 2.05) is 6.07 Å². The van der Waals surface area contributed by atoms with Gasteiger partial charge in [-0.2, -0.15) is 5.10 Å². The highest BCUT2D eigenvalue weighted by Gasteiger charge is 2.13. The van der Waals surface area contributed by atoms with Gasteiger partial charge in [-0.05, 0) is 29.7 Å². The smallest absolute Gasteiger partial charge is 0.0934 e. The Morgan fingerprint density at radius 3 is 2.29 bits per heavy atom. The van der Waals surface area contributed by atoms with Crippen LogP contribution in [0.1, 0.15) is 0 Å². The molecular weight excluding hydrogens is 360 g/mol. The third-order valence-electron chi connectivity index (χ3n) is 4.46. The van der Waals surface area contributed by atoms with Crippen LogP contribution in [-0.4, -0.2) is 9.61 Å². The molecule has 0 saturated heterocycles. The summed E-state index contributed by atoms with van der Waals surface area (Å²) in [6, 6.07) is 27.5. The van der Waals surface area contributed by atoms with E-state index in [2.05, 4.69) is 93.2 Å². The molecule has 2 nitrogen and oxygen atoms in total. The second-order valence-electron chi connectivity index (χ2n) is 5.90. The van der Waals surface area contributed by atoms with Gasteiger partial charge in [0.1, 0.15) is 0 Å². The monoisotopic (exact) mass is 372 g/mol. The molecule has 0 bridgehead atoms. The van der Waals surface area contributed by atoms with E-state index < -0.39 is 0 Å². The fourth-order valence-corrected chi connectivity index (χ4v) is 3.60. The molecule has 0 saturated carbocycles. The van der Waals surface area contributed by atoms with Crippen LogP contribution in [0.2, 0.25) is 0 Å². The van der Waals surface area contributed by atoms with Crippen molar-refractivity contribution in [2.24, 2.45) is 0 Å². The average molecular weight is 373 g/mol. The van der Waals surface area contributed by atoms with Crippen molar-refractivity contribution in [1.29, 1.82) is 0 Å². The molecule has 114 valence electrons. The lowest BCUT2D eigenvalue weighted by molar-refractivity contribution is 0.996. The van der Waals surface area contributed by atoms with Crippen molar-refractivity contribution in [2.75, 3.05) is 0 Å². The summed E-state index contributed by atoms with van der Waals surface area (Å²) in [5.74, 6) is 0. The molecule has 0 amide bonds. The van der Waals surface area contributed by atoms with Gasteiger partial charge >= 0.3 is 0 Å². The number of hydrogen-bond acceptors (Lipinski definition) is 1. The van der Waals surface area contributed by atoms with Crippen molar-refractivity contribution in [3.63, 3.8) is 0 Å². The molecule has 0 aliphatic rings. The summed E-state index contributed by atoms with van der Waals surface area (Å²) in [5.41, 5.74) is 4.45. The van der Waals surface area contributed by atoms with Crippen LogP contribution in [-0.2, 0) is 0 Å². The Hall–Kier alpha value is -2.65. The highest BCUT2D eigenvalue weighted by molar-refractivity contribution is 9.10. The van der Waals surface area contributed by atoms with E-state index in [-0.39, 0.29) is 0 Å². The summed E-state index contributed by atoms with van der Waals surface area (Å²) in [4.78, 5) is 0. The fourth-order valence-electron chi connectivity index (χ4n) is 3.34. The number of nitrogens with zero attached hydrogens (tertiary/aromatic N) is 2. The molecule has 0 spiro atoms. The lowest BCUT2D eigenvalue weighted by atomic mass is 10.0. The zero-order valence-corrected chi connectivity index (χ0v) is 14.4. The minimum Gasteiger partial charge on any atom is -0.231 e. The van der Waals surface area contributed by atoms with Gasteiger partial charge in [-0.3, -0.25) is 0 Å². The predicted molar refractivity (Wildman–Crippen MR) is 103 cm³/mol. The molecule has 0 aliphatic heterocycles. The summed E-state index contributed by atoms with van der Waals surface area (Å²) < 4.78 is 3.16. The first-order valence-corrected chi connectivity index (χ1v) is 8.66. The fraction of sp³-hybridized carbons (Fsp3) is 0. The molecule has 2 aromatic heterocycles. The van der Waals surface area contributed by atoms with E-state index in [4.69, 9.17) is 5.10 Å². The largest absolute Gasteiger partial charge is 0.231 e. The van der Waals surface area contributed by atoms with Gasteiger partial charge in [0.05, 0.1) is 16.7 Å². The SMILES string of the molecule is Brc1ccc(-c2cc3ccccc3c3c4ccccc4nn23)cc1. The van der Waals surface area contributed by atoms with Crippen LogP contribution in [0.25, 0.3) is 38.4 Å². The maximum absolute atomic E-state index is 4.87. The van der Waals surface area contributed by atoms with E-state index in [0.29, 0.717) is 0 Å². The van der Waals surface area contributed by atoms with Gasteiger partial charge in [0.2, 0.25) is 0 Å². The van der Waals surface area contributed by atoms with Crippen molar-refractivity contribution in [1.82, 2.24) is 9.61 Å². The first kappa shape index (κ1) is 13.8. The molecule has 0 radical (unpaired) electrons. The molecule has 0 N–H and O–H groups in total. The molecule has 0 aliphatic carbocycles. The molecule has 0 fully saturated rings. The van der Waals surface area contributed by atoms with Crippen molar-refractivity contribution < 1.29 is 0 Å². The van der Waals surface area contributed by atoms with Gasteiger partial charge in [-0.15, -0.1) is 0 Å². The van der Waals surface area contributed by atoms with E-state index in [1.54, 1.807) is 0 Å². The zero-order chi connectivity index (χ0) is 16.1. The number of rotatable bonds is 1. The third-order valence-corrected chi connectivity index (χ3v) is 4.98. The Morgan fingerprint density at radius 1 is 0.750 bits per heavy atom. The third kappa shape index (κ3) is 1.98. The van der Waals surface area contributed by atoms with Crippen molar-refractivity contribution in [3.05, 3.63) is 83.3 Å². The molecule has 0 atom stereocenters. The molecule has 3 aromatic carbocycles. The Morgan fingerprint density at radius 2 is 1.46 bits per heavy atom. The maximum atomic E-state index is 4.87. The number of pyridine rings is 1. The van der Waals surface area contributed by atoms with E-state index >= 15 is 0 Å². The first-order chi connectivity index (χ1) is 11.8. The van der Waals surface area contributed by atoms with Crippen LogP contribution >= 0.6 is 15.9 Å². The summed E-state index contributed by atoms with van der Waals surface area (Å²) in [6.07, 6.45) is 0. The Kier molecular flexibility index (Phi) is 2.97. The normalized spacial score (nSPS) is 11.5. The second-order valence-corrected chi connectivity index (χ2v) is 6.82. The summed E-state index contributed by atoms with van der Waals surface area (Å²) in [5, 5.41) is 8.52. The lowest BCUT2D eigenvalue weighted by Crippen LogP contribution is -1.95. The van der Waals surface area contributed by atoms with Gasteiger partial charge in [0.25, 0.3) is 0 Å². The minimum atomic E-state index is 1.02. The van der Waals surface area contributed by atoms with Crippen LogP contribution in [0.4, 0.5) is 0 Å². The Bertz CT molecular complexity index is 1200. The van der Waals surface area contributed by atoms with Crippen LogP contribution in [0, 0.1) is 0 Å². The van der Waals surface area contributed by atoms with Crippen LogP contribution in [0.15, 0.2) is 83.3 Å². The first-order valence-electron chi connectivity index (χ1n) is 7.86. The van der Waals surface area contributed by atoms with Gasteiger partial charge in [0, 0.05) is 20.8 Å². The number of halogens is 1. The van der Waals surface area contributed by atoms with Crippen LogP contribution in [0.3, 0.4) is 0 Å². The molecular formula is C21H13BrN2. The molecule has 3 heteroatoms. The Balaban J connectivity index is 2.00. The minimum absolute atomic E-state index is 1.02. The van der Waals surface area contributed by atoms with Crippen LogP contribution < -0.4 is 0 Å². The highest BCUT2D eigenvalue weighted by atomic mass is 79.9.